The van der Waals surface area contributed by atoms with Crippen molar-refractivity contribution in [3.63, 3.8) is 0 Å². The van der Waals surface area contributed by atoms with Gasteiger partial charge in [-0.1, -0.05) is 24.3 Å². The van der Waals surface area contributed by atoms with E-state index in [9.17, 15) is 18.8 Å². The number of halogens is 1. The van der Waals surface area contributed by atoms with Crippen LogP contribution in [0.15, 0.2) is 113 Å². The zero-order valence-corrected chi connectivity index (χ0v) is 40.8. The second-order valence-electron chi connectivity index (χ2n) is 17.9. The minimum absolute atomic E-state index is 0.0638. The molecule has 3 aliphatic heterocycles. The standard InChI is InChI=1S/C19H20N6O.C16H15FN6O2.C16H16N6O2/c1-20-14-8-16-23-13-4-2-3-12(7-13)9-19(5-6-19)11-22-18(26)15-10-21-17(14)25(15)24-16;1-18-11-8-12-20-9-3-2-4-10(7-9)25-6-5-19-16(24)13-14(17)21-15(11)23(13)22-12;1-17-12-8-14-20-10-3-2-4-11(7-10)24-6-5-18-16(23)13-9-19-15(12)22(13)21-14/h2-4,7-8,10,23-24H,5-6,9,11H2,1H3,(H,22,26);2-4,7-8,18H,5-6H2,1H3,(H,19,24)(H,20,22);2-4,7-9,20-21H,5-6H2,1H3,(H,18,23)/i10D;;9D. The van der Waals surface area contributed by atoms with Crippen LogP contribution in [-0.4, -0.2) is 116 Å². The molecule has 75 heavy (non-hydrogen) atoms. The van der Waals surface area contributed by atoms with Gasteiger partial charge in [0.1, 0.15) is 58.5 Å². The topological polar surface area (TPSA) is 275 Å². The van der Waals surface area contributed by atoms with E-state index in [-0.39, 0.29) is 59.5 Å². The van der Waals surface area contributed by atoms with E-state index < -0.39 is 17.8 Å². The fourth-order valence-electron chi connectivity index (χ4n) is 8.84. The summed E-state index contributed by atoms with van der Waals surface area (Å²) in [7, 11) is 5.00. The van der Waals surface area contributed by atoms with Gasteiger partial charge in [-0.05, 0) is 66.6 Å². The number of benzene rings is 3. The summed E-state index contributed by atoms with van der Waals surface area (Å²) in [5.74, 6) is 0.884. The van der Waals surface area contributed by atoms with E-state index in [0.717, 1.165) is 36.3 Å². The van der Waals surface area contributed by atoms with Crippen molar-refractivity contribution in [2.45, 2.75) is 19.3 Å². The van der Waals surface area contributed by atoms with Crippen molar-refractivity contribution in [1.29, 1.82) is 0 Å². The van der Waals surface area contributed by atoms with Crippen LogP contribution in [0.1, 0.15) is 52.6 Å². The Morgan fingerprint density at radius 1 is 0.693 bits per heavy atom. The van der Waals surface area contributed by atoms with E-state index in [1.54, 1.807) is 37.8 Å². The van der Waals surface area contributed by atoms with Crippen molar-refractivity contribution in [1.82, 2.24) is 59.7 Å². The lowest BCUT2D eigenvalue weighted by atomic mass is 9.96. The predicted octanol–water partition coefficient (Wildman–Crippen LogP) is 4.84. The monoisotopic (exact) mass is 1020 g/mol. The maximum atomic E-state index is 14.3. The Hall–Kier alpha value is -9.74. The van der Waals surface area contributed by atoms with Gasteiger partial charge in [-0.2, -0.15) is 9.37 Å². The summed E-state index contributed by atoms with van der Waals surface area (Å²) in [5, 5.41) is 32.8. The third-order valence-electron chi connectivity index (χ3n) is 12.7. The van der Waals surface area contributed by atoms with E-state index in [4.69, 9.17) is 12.2 Å². The summed E-state index contributed by atoms with van der Waals surface area (Å²) >= 11 is 0. The lowest BCUT2D eigenvalue weighted by Gasteiger charge is -2.16. The number of rotatable bonds is 1. The number of ether oxygens (including phenoxy) is 2. The molecule has 3 aromatic carbocycles. The van der Waals surface area contributed by atoms with Crippen LogP contribution in [0.3, 0.4) is 0 Å². The largest absolute Gasteiger partial charge is 0.492 e. The molecule has 24 heteroatoms. The molecule has 6 aromatic heterocycles. The van der Waals surface area contributed by atoms with Crippen LogP contribution in [0.25, 0.3) is 16.9 Å². The van der Waals surface area contributed by atoms with Crippen molar-refractivity contribution < 1.29 is 31.0 Å². The first-order valence-corrected chi connectivity index (χ1v) is 24.0. The number of imidazole rings is 3. The number of anilines is 7. The molecule has 382 valence electrons. The molecule has 3 amide bonds. The first-order chi connectivity index (χ1) is 37.4. The predicted molar refractivity (Wildman–Crippen MR) is 277 cm³/mol. The number of hydrogen-bond donors (Lipinski definition) is 9. The number of fused-ring (bicyclic) bond motifs is 9. The number of nitrogens with zero attached hydrogens (tertiary/aromatic N) is 9. The molecule has 9 heterocycles. The third-order valence-corrected chi connectivity index (χ3v) is 12.7. The molecule has 0 unspecified atom stereocenters. The van der Waals surface area contributed by atoms with Crippen LogP contribution in [0.4, 0.5) is 44.6 Å². The van der Waals surface area contributed by atoms with Gasteiger partial charge in [0.2, 0.25) is 5.95 Å². The zero-order valence-electron chi connectivity index (χ0n) is 42.8. The molecule has 9 aromatic rings. The molecule has 13 rings (SSSR count). The highest BCUT2D eigenvalue weighted by Gasteiger charge is 2.43. The van der Waals surface area contributed by atoms with E-state index in [0.29, 0.717) is 76.3 Å². The van der Waals surface area contributed by atoms with Gasteiger partial charge >= 0.3 is 0 Å². The molecule has 1 fully saturated rings. The summed E-state index contributed by atoms with van der Waals surface area (Å²) in [6.45, 7) is 1.71. The number of carbonyl (C=O) groups excluding carboxylic acids is 3. The molecule has 4 aliphatic rings. The van der Waals surface area contributed by atoms with Gasteiger partial charge in [0.05, 0.1) is 33.9 Å². The summed E-state index contributed by atoms with van der Waals surface area (Å²) in [4.78, 5) is 58.4. The molecule has 0 radical (unpaired) electrons. The van der Waals surface area contributed by atoms with Crippen molar-refractivity contribution in [2.75, 3.05) is 75.3 Å². The van der Waals surface area contributed by atoms with Gasteiger partial charge in [0, 0.05) is 75.1 Å². The fraction of sp³-hybridized carbons (Fsp3) is 0.235. The summed E-state index contributed by atoms with van der Waals surface area (Å²) < 4.78 is 46.0. The Kier molecular flexibility index (Phi) is 12.1. The van der Waals surface area contributed by atoms with Gasteiger partial charge in [-0.25, -0.2) is 23.5 Å². The SMILES string of the molecule is CNc1cc2nn3c(c(F)nc13)C(=O)NCCOc1cccc(c1)N2.[2H]c1nc2c(=NC)cc3[nH]n2c1C(=O)NCC1(CC1)Cc1cccc(c1)N3.[2H]c1nc2c(=NC)cc3[nH]n2c1C(=O)NCCOc1cccc(c1)N3. The second-order valence-corrected chi connectivity index (χ2v) is 17.9. The number of nitrogens with one attached hydrogen (secondary N) is 9. The third kappa shape index (κ3) is 9.95. The molecular weight excluding hydrogens is 964 g/mol. The molecule has 1 aliphatic carbocycles. The Labute approximate surface area is 428 Å². The van der Waals surface area contributed by atoms with E-state index in [2.05, 4.69) is 89.6 Å². The lowest BCUT2D eigenvalue weighted by Crippen LogP contribution is -2.32. The number of hydrogen-bond acceptors (Lipinski definition) is 15. The normalized spacial score (nSPS) is 16.3. The van der Waals surface area contributed by atoms with Gasteiger partial charge in [-0.3, -0.25) is 34.6 Å². The number of carbonyl (C=O) groups is 3. The molecule has 0 atom stereocenters. The lowest BCUT2D eigenvalue weighted by molar-refractivity contribution is 0.0928. The molecule has 9 N–H and O–H groups in total. The summed E-state index contributed by atoms with van der Waals surface area (Å²) in [6, 6.07) is 28.5. The van der Waals surface area contributed by atoms with Gasteiger partial charge in [0.15, 0.2) is 28.5 Å². The number of amides is 3. The second kappa shape index (κ2) is 20.0. The number of H-pyrrole nitrogens is 2. The first kappa shape index (κ1) is 45.1. The van der Waals surface area contributed by atoms with Gasteiger partial charge < -0.3 is 46.7 Å². The first-order valence-electron chi connectivity index (χ1n) is 25.0. The van der Waals surface area contributed by atoms with Gasteiger partial charge in [0.25, 0.3) is 17.7 Å². The van der Waals surface area contributed by atoms with Crippen LogP contribution >= 0.6 is 0 Å². The van der Waals surface area contributed by atoms with Crippen LogP contribution in [0.5, 0.6) is 11.5 Å². The quantitative estimate of drug-likeness (QED) is 0.107. The van der Waals surface area contributed by atoms with Gasteiger partial charge in [-0.15, -0.1) is 5.10 Å². The van der Waals surface area contributed by atoms with Crippen LogP contribution in [-0.2, 0) is 6.42 Å². The summed E-state index contributed by atoms with van der Waals surface area (Å²) in [6.07, 6.45) is 2.94. The highest BCUT2D eigenvalue weighted by atomic mass is 19.1. The maximum absolute atomic E-state index is 14.3. The molecule has 23 nitrogen and oxygen atoms in total. The minimum atomic E-state index is -0.880. The number of aromatic amines is 2. The van der Waals surface area contributed by atoms with Crippen molar-refractivity contribution in [3.05, 3.63) is 143 Å². The fourth-order valence-corrected chi connectivity index (χ4v) is 8.84. The van der Waals surface area contributed by atoms with Crippen LogP contribution in [0, 0.1) is 11.4 Å². The molecule has 0 saturated heterocycles. The maximum Gasteiger partial charge on any atom is 0.274 e. The molecule has 12 bridgehead atoms. The van der Waals surface area contributed by atoms with E-state index in [1.807, 2.05) is 66.7 Å². The summed E-state index contributed by atoms with van der Waals surface area (Å²) in [5.41, 5.74) is 5.62. The molecule has 1 spiro atoms. The van der Waals surface area contributed by atoms with Crippen LogP contribution in [0.2, 0.25) is 0 Å². The highest BCUT2D eigenvalue weighted by molar-refractivity contribution is 5.95. The van der Waals surface area contributed by atoms with Crippen LogP contribution < -0.4 is 57.4 Å². The molecular formula is C51H51FN18O5. The van der Waals surface area contributed by atoms with Crippen molar-refractivity contribution >= 4 is 74.9 Å². The smallest absolute Gasteiger partial charge is 0.274 e. The van der Waals surface area contributed by atoms with Crippen molar-refractivity contribution in [3.8, 4) is 11.5 Å². The average Bonchev–Trinajstić information content (AvgIpc) is 3.98. The van der Waals surface area contributed by atoms with E-state index >= 15 is 0 Å². The Morgan fingerprint density at radius 2 is 1.25 bits per heavy atom. The zero-order chi connectivity index (χ0) is 53.4. The minimum Gasteiger partial charge on any atom is -0.492 e. The highest BCUT2D eigenvalue weighted by Crippen LogP contribution is 2.48. The number of aromatic nitrogens is 9. The Bertz CT molecular complexity index is 3960. The molecule has 1 saturated carbocycles. The Morgan fingerprint density at radius 3 is 1.84 bits per heavy atom. The van der Waals surface area contributed by atoms with E-state index in [1.165, 1.54) is 14.6 Å². The average molecular weight is 1020 g/mol. The van der Waals surface area contributed by atoms with Crippen molar-refractivity contribution in [2.24, 2.45) is 15.4 Å². The Balaban J connectivity index is 0.000000123.